The predicted molar refractivity (Wildman–Crippen MR) is 79.9 cm³/mol. The second kappa shape index (κ2) is 6.13. The zero-order valence-electron chi connectivity index (χ0n) is 11.9. The number of ether oxygens (including phenoxy) is 1. The maximum Gasteiger partial charge on any atom is 0.280 e. The number of carbonyl (C=O) groups is 2. The summed E-state index contributed by atoms with van der Waals surface area (Å²) in [7, 11) is 0. The molecule has 0 radical (unpaired) electrons. The van der Waals surface area contributed by atoms with Crippen molar-refractivity contribution in [2.75, 3.05) is 38.2 Å². The number of morpholine rings is 1. The Morgan fingerprint density at radius 2 is 2.05 bits per heavy atom. The lowest BCUT2D eigenvalue weighted by molar-refractivity contribution is -0.899. The summed E-state index contributed by atoms with van der Waals surface area (Å²) in [6.07, 6.45) is 2.92. The van der Waals surface area contributed by atoms with Gasteiger partial charge in [0.1, 0.15) is 18.1 Å². The third kappa shape index (κ3) is 3.09. The Kier molecular flexibility index (Phi) is 4.23. The van der Waals surface area contributed by atoms with E-state index >= 15 is 0 Å². The first-order chi connectivity index (χ1) is 10.1. The number of nitrogens with one attached hydrogen (secondary N) is 2. The lowest BCUT2D eigenvalue weighted by Crippen LogP contribution is -3.15. The number of thiophene rings is 1. The van der Waals surface area contributed by atoms with E-state index in [1.54, 1.807) is 0 Å². The van der Waals surface area contributed by atoms with Gasteiger partial charge in [0.05, 0.1) is 18.8 Å². The SMILES string of the molecule is NC(=O)c1c(NC(=O)C[NH+]2CCOCC2)sc2c1CCC2. The summed E-state index contributed by atoms with van der Waals surface area (Å²) in [5.41, 5.74) is 7.06. The fourth-order valence-corrected chi connectivity index (χ4v) is 4.30. The highest BCUT2D eigenvalue weighted by Gasteiger charge is 2.27. The van der Waals surface area contributed by atoms with Crippen LogP contribution in [0.4, 0.5) is 5.00 Å². The molecule has 0 saturated carbocycles. The molecule has 1 aliphatic heterocycles. The van der Waals surface area contributed by atoms with E-state index in [0.717, 1.165) is 37.9 Å². The van der Waals surface area contributed by atoms with Gasteiger partial charge in [-0.1, -0.05) is 0 Å². The van der Waals surface area contributed by atoms with Crippen molar-refractivity contribution in [2.24, 2.45) is 5.73 Å². The summed E-state index contributed by atoms with van der Waals surface area (Å²) in [6.45, 7) is 3.49. The number of rotatable bonds is 4. The average Bonchev–Trinajstić information content (AvgIpc) is 2.99. The van der Waals surface area contributed by atoms with Crippen molar-refractivity contribution in [1.29, 1.82) is 0 Å². The fourth-order valence-electron chi connectivity index (χ4n) is 2.99. The highest BCUT2D eigenvalue weighted by atomic mass is 32.1. The number of primary amides is 1. The van der Waals surface area contributed by atoms with E-state index in [9.17, 15) is 9.59 Å². The molecule has 3 rings (SSSR count). The minimum Gasteiger partial charge on any atom is -0.370 e. The van der Waals surface area contributed by atoms with Gasteiger partial charge in [0.2, 0.25) is 0 Å². The maximum atomic E-state index is 12.2. The largest absolute Gasteiger partial charge is 0.370 e. The van der Waals surface area contributed by atoms with Crippen LogP contribution in [0.1, 0.15) is 27.2 Å². The Hall–Kier alpha value is -1.44. The summed E-state index contributed by atoms with van der Waals surface area (Å²) in [5, 5.41) is 3.52. The summed E-state index contributed by atoms with van der Waals surface area (Å²) < 4.78 is 5.28. The van der Waals surface area contributed by atoms with Gasteiger partial charge in [-0.15, -0.1) is 11.3 Å². The van der Waals surface area contributed by atoms with Gasteiger partial charge in [-0.2, -0.15) is 0 Å². The first-order valence-corrected chi connectivity index (χ1v) is 8.12. The molecule has 4 N–H and O–H groups in total. The lowest BCUT2D eigenvalue weighted by atomic mass is 10.1. The van der Waals surface area contributed by atoms with E-state index in [1.807, 2.05) is 0 Å². The van der Waals surface area contributed by atoms with Crippen LogP contribution < -0.4 is 16.0 Å². The molecule has 0 atom stereocenters. The Bertz CT molecular complexity index is 564. The number of hydrogen-bond donors (Lipinski definition) is 3. The summed E-state index contributed by atoms with van der Waals surface area (Å²) >= 11 is 1.50. The third-order valence-corrected chi connectivity index (χ3v) is 5.24. The Balaban J connectivity index is 1.69. The van der Waals surface area contributed by atoms with Crippen LogP contribution in [0.5, 0.6) is 0 Å². The van der Waals surface area contributed by atoms with Crippen molar-refractivity contribution in [2.45, 2.75) is 19.3 Å². The first kappa shape index (κ1) is 14.5. The van der Waals surface area contributed by atoms with Gasteiger partial charge in [-0.05, 0) is 24.8 Å². The molecule has 0 bridgehead atoms. The number of amides is 2. The van der Waals surface area contributed by atoms with Crippen molar-refractivity contribution >= 4 is 28.2 Å². The van der Waals surface area contributed by atoms with Crippen molar-refractivity contribution in [3.8, 4) is 0 Å². The van der Waals surface area contributed by atoms with Gasteiger partial charge >= 0.3 is 0 Å². The third-order valence-electron chi connectivity index (χ3n) is 4.03. The van der Waals surface area contributed by atoms with E-state index in [2.05, 4.69) is 5.32 Å². The van der Waals surface area contributed by atoms with Crippen molar-refractivity contribution < 1.29 is 19.2 Å². The zero-order valence-corrected chi connectivity index (χ0v) is 12.7. The molecule has 0 aromatic carbocycles. The van der Waals surface area contributed by atoms with Crippen molar-refractivity contribution in [1.82, 2.24) is 0 Å². The van der Waals surface area contributed by atoms with E-state index in [0.29, 0.717) is 30.3 Å². The Morgan fingerprint density at radius 1 is 1.29 bits per heavy atom. The number of hydrogen-bond acceptors (Lipinski definition) is 4. The van der Waals surface area contributed by atoms with E-state index in [-0.39, 0.29) is 5.91 Å². The monoisotopic (exact) mass is 310 g/mol. The maximum absolute atomic E-state index is 12.2. The van der Waals surface area contributed by atoms with Crippen LogP contribution in [0, 0.1) is 0 Å². The molecule has 0 unspecified atom stereocenters. The highest BCUT2D eigenvalue weighted by molar-refractivity contribution is 7.17. The molecule has 0 spiro atoms. The minimum atomic E-state index is -0.441. The van der Waals surface area contributed by atoms with Gasteiger partial charge in [0.15, 0.2) is 6.54 Å². The standard InChI is InChI=1S/C14H19N3O3S/c15-13(19)12-9-2-1-3-10(9)21-14(12)16-11(18)8-17-4-6-20-7-5-17/h1-8H2,(H2,15,19)(H,16,18)/p+1. The molecule has 2 aliphatic rings. The van der Waals surface area contributed by atoms with Gasteiger partial charge in [-0.3, -0.25) is 9.59 Å². The molecule has 2 heterocycles. The molecule has 2 amide bonds. The lowest BCUT2D eigenvalue weighted by Gasteiger charge is -2.23. The van der Waals surface area contributed by atoms with Gasteiger partial charge in [0.25, 0.3) is 11.8 Å². The topological polar surface area (TPSA) is 85.9 Å². The molecule has 1 aromatic rings. The molecule has 1 fully saturated rings. The van der Waals surface area contributed by atoms with E-state index < -0.39 is 5.91 Å². The number of aryl methyl sites for hydroxylation is 1. The highest BCUT2D eigenvalue weighted by Crippen LogP contribution is 2.38. The first-order valence-electron chi connectivity index (χ1n) is 7.30. The van der Waals surface area contributed by atoms with Crippen LogP contribution >= 0.6 is 11.3 Å². The van der Waals surface area contributed by atoms with Crippen molar-refractivity contribution in [3.05, 3.63) is 16.0 Å². The molecular weight excluding hydrogens is 290 g/mol. The van der Waals surface area contributed by atoms with E-state index in [4.69, 9.17) is 10.5 Å². The van der Waals surface area contributed by atoms with Crippen LogP contribution in [0.15, 0.2) is 0 Å². The number of quaternary nitrogens is 1. The van der Waals surface area contributed by atoms with Gasteiger partial charge in [-0.25, -0.2) is 0 Å². The zero-order chi connectivity index (χ0) is 14.8. The second-order valence-corrected chi connectivity index (χ2v) is 6.62. The van der Waals surface area contributed by atoms with Crippen molar-refractivity contribution in [3.63, 3.8) is 0 Å². The van der Waals surface area contributed by atoms with Crippen LogP contribution in [0.3, 0.4) is 0 Å². The van der Waals surface area contributed by atoms with Crippen LogP contribution in [-0.2, 0) is 22.4 Å². The van der Waals surface area contributed by atoms with Gasteiger partial charge in [0, 0.05) is 4.88 Å². The summed E-state index contributed by atoms with van der Waals surface area (Å²) in [5.74, 6) is -0.502. The molecule has 6 nitrogen and oxygen atoms in total. The Labute approximate surface area is 127 Å². The second-order valence-electron chi connectivity index (χ2n) is 5.51. The predicted octanol–water partition coefficient (Wildman–Crippen LogP) is -0.811. The average molecular weight is 310 g/mol. The normalized spacial score (nSPS) is 18.5. The minimum absolute atomic E-state index is 0.0608. The summed E-state index contributed by atoms with van der Waals surface area (Å²) in [4.78, 5) is 26.2. The number of nitrogens with two attached hydrogens (primary N) is 1. The molecule has 1 saturated heterocycles. The summed E-state index contributed by atoms with van der Waals surface area (Å²) in [6, 6.07) is 0. The molecule has 1 aliphatic carbocycles. The van der Waals surface area contributed by atoms with Gasteiger partial charge < -0.3 is 20.7 Å². The smallest absolute Gasteiger partial charge is 0.280 e. The van der Waals surface area contributed by atoms with Crippen LogP contribution in [-0.4, -0.2) is 44.7 Å². The quantitative estimate of drug-likeness (QED) is 0.680. The number of carbonyl (C=O) groups excluding carboxylic acids is 2. The van der Waals surface area contributed by atoms with E-state index in [1.165, 1.54) is 21.1 Å². The molecular formula is C14H20N3O3S+. The van der Waals surface area contributed by atoms with Crippen LogP contribution in [0.25, 0.3) is 0 Å². The molecule has 7 heteroatoms. The number of anilines is 1. The molecule has 114 valence electrons. The number of fused-ring (bicyclic) bond motifs is 1. The molecule has 21 heavy (non-hydrogen) atoms. The molecule has 1 aromatic heterocycles. The van der Waals surface area contributed by atoms with Crippen LogP contribution in [0.2, 0.25) is 0 Å². The Morgan fingerprint density at radius 3 is 2.76 bits per heavy atom. The fraction of sp³-hybridized carbons (Fsp3) is 0.571.